The van der Waals surface area contributed by atoms with E-state index in [9.17, 15) is 0 Å². The minimum Gasteiger partial charge on any atom is -0.376 e. The van der Waals surface area contributed by atoms with Crippen molar-refractivity contribution in [2.45, 2.75) is 13.0 Å². The summed E-state index contributed by atoms with van der Waals surface area (Å²) in [7, 11) is 1.88. The summed E-state index contributed by atoms with van der Waals surface area (Å²) in [5.74, 6) is 0.781. The number of H-pyrrole nitrogens is 1. The molecule has 3 rings (SSSR count). The van der Waals surface area contributed by atoms with Gasteiger partial charge >= 0.3 is 0 Å². The molecule has 0 saturated carbocycles. The molecule has 0 fully saturated rings. The Kier molecular flexibility index (Phi) is 2.53. The molecule has 88 valence electrons. The van der Waals surface area contributed by atoms with Gasteiger partial charge in [-0.15, -0.1) is 0 Å². The third kappa shape index (κ3) is 1.89. The van der Waals surface area contributed by atoms with E-state index in [2.05, 4.69) is 15.1 Å². The Morgan fingerprint density at radius 1 is 1.53 bits per heavy atom. The minimum absolute atomic E-state index is 0.561. The van der Waals surface area contributed by atoms with Crippen molar-refractivity contribution in [3.63, 3.8) is 0 Å². The number of nitrogens with one attached hydrogen (secondary N) is 1. The number of aromatic nitrogens is 4. The third-order valence-electron chi connectivity index (χ3n) is 2.83. The van der Waals surface area contributed by atoms with Crippen molar-refractivity contribution in [2.24, 2.45) is 7.05 Å². The second-order valence-electron chi connectivity index (χ2n) is 4.05. The van der Waals surface area contributed by atoms with Crippen LogP contribution in [0.4, 0.5) is 0 Å². The molecule has 0 aromatic carbocycles. The first-order valence-corrected chi connectivity index (χ1v) is 5.84. The summed E-state index contributed by atoms with van der Waals surface area (Å²) in [5.41, 5.74) is 3.10. The number of aromatic amines is 1. The number of hydrogen-bond donors (Lipinski definition) is 1. The zero-order valence-corrected chi connectivity index (χ0v) is 10.3. The molecule has 0 unspecified atom stereocenters. The molecule has 2 aromatic rings. The van der Waals surface area contributed by atoms with E-state index in [4.69, 9.17) is 17.0 Å². The van der Waals surface area contributed by atoms with Crippen LogP contribution in [0.15, 0.2) is 12.4 Å². The number of rotatable bonds is 1. The van der Waals surface area contributed by atoms with Crippen LogP contribution in [0.25, 0.3) is 11.4 Å². The third-order valence-corrected chi connectivity index (χ3v) is 3.16. The Balaban J connectivity index is 2.13. The zero-order chi connectivity index (χ0) is 11.8. The SMILES string of the molecule is Cn1cc(-c2nc(=S)c3c([nH]2)CCOC3)cn1. The summed E-state index contributed by atoms with van der Waals surface area (Å²) < 4.78 is 7.75. The molecule has 0 bridgehead atoms. The summed E-state index contributed by atoms with van der Waals surface area (Å²) in [6.07, 6.45) is 4.55. The molecule has 3 heterocycles. The van der Waals surface area contributed by atoms with Gasteiger partial charge in [0.1, 0.15) is 10.5 Å². The van der Waals surface area contributed by atoms with Gasteiger partial charge in [-0.3, -0.25) is 4.68 Å². The largest absolute Gasteiger partial charge is 0.376 e. The maximum absolute atomic E-state index is 5.38. The summed E-state index contributed by atoms with van der Waals surface area (Å²) >= 11 is 5.29. The second kappa shape index (κ2) is 4.05. The van der Waals surface area contributed by atoms with Gasteiger partial charge in [0.05, 0.1) is 25.0 Å². The van der Waals surface area contributed by atoms with Gasteiger partial charge in [-0.1, -0.05) is 12.2 Å². The lowest BCUT2D eigenvalue weighted by Gasteiger charge is -2.16. The van der Waals surface area contributed by atoms with E-state index in [1.54, 1.807) is 10.9 Å². The molecule has 6 heteroatoms. The van der Waals surface area contributed by atoms with Gasteiger partial charge in [-0.25, -0.2) is 4.98 Å². The van der Waals surface area contributed by atoms with Crippen LogP contribution in [0.1, 0.15) is 11.3 Å². The van der Waals surface area contributed by atoms with Gasteiger partial charge < -0.3 is 9.72 Å². The molecule has 0 radical (unpaired) electrons. The quantitative estimate of drug-likeness (QED) is 0.779. The second-order valence-corrected chi connectivity index (χ2v) is 4.44. The van der Waals surface area contributed by atoms with Crippen LogP contribution in [0, 0.1) is 4.64 Å². The average molecular weight is 248 g/mol. The van der Waals surface area contributed by atoms with Crippen LogP contribution in [0.2, 0.25) is 0 Å². The van der Waals surface area contributed by atoms with Crippen LogP contribution in [0.5, 0.6) is 0 Å². The van der Waals surface area contributed by atoms with Crippen molar-refractivity contribution < 1.29 is 4.74 Å². The minimum atomic E-state index is 0.561. The van der Waals surface area contributed by atoms with Gasteiger partial charge in [0, 0.05) is 30.9 Å². The van der Waals surface area contributed by atoms with E-state index in [1.165, 1.54) is 0 Å². The summed E-state index contributed by atoms with van der Waals surface area (Å²) in [5, 5.41) is 4.13. The van der Waals surface area contributed by atoms with Crippen molar-refractivity contribution in [1.82, 2.24) is 19.7 Å². The molecule has 0 atom stereocenters. The highest BCUT2D eigenvalue weighted by molar-refractivity contribution is 7.71. The predicted molar refractivity (Wildman–Crippen MR) is 65.0 cm³/mol. The van der Waals surface area contributed by atoms with E-state index >= 15 is 0 Å². The highest BCUT2D eigenvalue weighted by atomic mass is 32.1. The fraction of sp³-hybridized carbons (Fsp3) is 0.364. The lowest BCUT2D eigenvalue weighted by molar-refractivity contribution is 0.108. The smallest absolute Gasteiger partial charge is 0.142 e. The van der Waals surface area contributed by atoms with E-state index in [0.717, 1.165) is 35.7 Å². The lowest BCUT2D eigenvalue weighted by atomic mass is 10.1. The monoisotopic (exact) mass is 248 g/mol. The first-order valence-electron chi connectivity index (χ1n) is 5.43. The van der Waals surface area contributed by atoms with Gasteiger partial charge in [-0.2, -0.15) is 5.10 Å². The van der Waals surface area contributed by atoms with Crippen LogP contribution < -0.4 is 0 Å². The number of ether oxygens (including phenoxy) is 1. The molecule has 1 aliphatic rings. The molecule has 1 aliphatic heterocycles. The predicted octanol–water partition coefficient (Wildman–Crippen LogP) is 1.61. The molecule has 0 aliphatic carbocycles. The summed E-state index contributed by atoms with van der Waals surface area (Å²) in [6, 6.07) is 0. The topological polar surface area (TPSA) is 55.7 Å². The fourth-order valence-corrected chi connectivity index (χ4v) is 2.21. The summed E-state index contributed by atoms with van der Waals surface area (Å²) in [4.78, 5) is 7.72. The molecule has 0 saturated heterocycles. The normalized spacial score (nSPS) is 14.6. The van der Waals surface area contributed by atoms with E-state index < -0.39 is 0 Å². The van der Waals surface area contributed by atoms with E-state index in [-0.39, 0.29) is 0 Å². The Morgan fingerprint density at radius 2 is 2.41 bits per heavy atom. The van der Waals surface area contributed by atoms with Crippen molar-refractivity contribution in [3.8, 4) is 11.4 Å². The molecule has 2 aromatic heterocycles. The van der Waals surface area contributed by atoms with Crippen molar-refractivity contribution in [2.75, 3.05) is 6.61 Å². The summed E-state index contributed by atoms with van der Waals surface area (Å²) in [6.45, 7) is 1.29. The number of hydrogen-bond acceptors (Lipinski definition) is 4. The van der Waals surface area contributed by atoms with Gasteiger partial charge in [0.2, 0.25) is 0 Å². The number of aryl methyl sites for hydroxylation is 1. The first kappa shape index (κ1) is 10.6. The zero-order valence-electron chi connectivity index (χ0n) is 9.43. The van der Waals surface area contributed by atoms with Gasteiger partial charge in [-0.05, 0) is 0 Å². The molecule has 0 spiro atoms. The van der Waals surface area contributed by atoms with Crippen LogP contribution in [-0.4, -0.2) is 26.4 Å². The highest BCUT2D eigenvalue weighted by Gasteiger charge is 2.14. The molecule has 0 amide bonds. The van der Waals surface area contributed by atoms with Gasteiger partial charge in [0.25, 0.3) is 0 Å². The molecule has 5 nitrogen and oxygen atoms in total. The van der Waals surface area contributed by atoms with E-state index in [0.29, 0.717) is 11.2 Å². The Bertz CT molecular complexity index is 616. The van der Waals surface area contributed by atoms with Crippen LogP contribution in [-0.2, 0) is 24.8 Å². The Labute approximate surface area is 103 Å². The molecular weight excluding hydrogens is 236 g/mol. The molecule has 1 N–H and O–H groups in total. The molecule has 17 heavy (non-hydrogen) atoms. The van der Waals surface area contributed by atoms with Crippen molar-refractivity contribution in [1.29, 1.82) is 0 Å². The molecular formula is C11H12N4OS. The van der Waals surface area contributed by atoms with Gasteiger partial charge in [0.15, 0.2) is 0 Å². The average Bonchev–Trinajstić information content (AvgIpc) is 2.76. The van der Waals surface area contributed by atoms with Crippen molar-refractivity contribution in [3.05, 3.63) is 28.3 Å². The number of fused-ring (bicyclic) bond motifs is 1. The first-order chi connectivity index (χ1) is 8.24. The van der Waals surface area contributed by atoms with Crippen LogP contribution in [0.3, 0.4) is 0 Å². The Hall–Kier alpha value is -1.53. The Morgan fingerprint density at radius 3 is 3.18 bits per heavy atom. The maximum atomic E-state index is 5.38. The van der Waals surface area contributed by atoms with Crippen molar-refractivity contribution >= 4 is 12.2 Å². The van der Waals surface area contributed by atoms with E-state index in [1.807, 2.05) is 13.2 Å². The highest BCUT2D eigenvalue weighted by Crippen LogP contribution is 2.20. The lowest BCUT2D eigenvalue weighted by Crippen LogP contribution is -2.13. The van der Waals surface area contributed by atoms with Crippen LogP contribution >= 0.6 is 12.2 Å². The number of nitrogens with zero attached hydrogens (tertiary/aromatic N) is 3. The fourth-order valence-electron chi connectivity index (χ4n) is 1.94. The standard InChI is InChI=1S/C11H12N4OS/c1-15-5-7(4-12-15)10-13-9-2-3-16-6-8(9)11(17)14-10/h4-5H,2-3,6H2,1H3,(H,13,14,17). The maximum Gasteiger partial charge on any atom is 0.142 e.